The summed E-state index contributed by atoms with van der Waals surface area (Å²) in [5, 5.41) is 3.49. The Morgan fingerprint density at radius 1 is 0.947 bits per heavy atom. The lowest BCUT2D eigenvalue weighted by Crippen LogP contribution is -2.35. The van der Waals surface area contributed by atoms with Crippen LogP contribution in [0.5, 0.6) is 0 Å². The molecule has 2 heteroatoms. The quantitative estimate of drug-likeness (QED) is 0.638. The molecule has 1 aliphatic rings. The van der Waals surface area contributed by atoms with Gasteiger partial charge in [0.05, 0.1) is 0 Å². The Labute approximate surface area is 121 Å². The van der Waals surface area contributed by atoms with Gasteiger partial charge in [-0.1, -0.05) is 40.5 Å². The van der Waals surface area contributed by atoms with Crippen LogP contribution in [-0.4, -0.2) is 37.1 Å². The molecule has 1 rings (SSSR count). The molecule has 2 nitrogen and oxygen atoms in total. The predicted octanol–water partition coefficient (Wildman–Crippen LogP) is 3.91. The normalized spacial score (nSPS) is 18.6. The van der Waals surface area contributed by atoms with Gasteiger partial charge in [0.25, 0.3) is 0 Å². The van der Waals surface area contributed by atoms with E-state index in [1.165, 1.54) is 64.7 Å². The molecule has 0 aromatic rings. The number of hydrogen-bond donors (Lipinski definition) is 1. The number of hydrogen-bond acceptors (Lipinski definition) is 2. The summed E-state index contributed by atoms with van der Waals surface area (Å²) in [5.74, 6) is 1.87. The van der Waals surface area contributed by atoms with Crippen LogP contribution in [0.2, 0.25) is 0 Å². The van der Waals surface area contributed by atoms with E-state index in [4.69, 9.17) is 0 Å². The molecular weight excluding hydrogens is 232 g/mol. The van der Waals surface area contributed by atoms with Crippen molar-refractivity contribution >= 4 is 0 Å². The van der Waals surface area contributed by atoms with Gasteiger partial charge in [0.2, 0.25) is 0 Å². The Hall–Kier alpha value is -0.0800. The largest absolute Gasteiger partial charge is 0.315 e. The number of piperidine rings is 1. The van der Waals surface area contributed by atoms with Gasteiger partial charge in [0.1, 0.15) is 0 Å². The van der Waals surface area contributed by atoms with Gasteiger partial charge in [-0.15, -0.1) is 0 Å². The zero-order valence-corrected chi connectivity index (χ0v) is 13.8. The molecule has 0 aromatic heterocycles. The van der Waals surface area contributed by atoms with Crippen molar-refractivity contribution < 1.29 is 0 Å². The van der Waals surface area contributed by atoms with Crippen LogP contribution in [0, 0.1) is 11.8 Å². The molecular formula is C17H36N2. The van der Waals surface area contributed by atoms with Crippen LogP contribution in [0.25, 0.3) is 0 Å². The summed E-state index contributed by atoms with van der Waals surface area (Å²) in [4.78, 5) is 2.69. The highest BCUT2D eigenvalue weighted by Crippen LogP contribution is 2.24. The number of unbranched alkanes of at least 4 members (excludes halogenated alkanes) is 3. The molecule has 0 atom stereocenters. The number of nitrogens with zero attached hydrogens (tertiary/aromatic N) is 1. The second kappa shape index (κ2) is 9.77. The first-order chi connectivity index (χ1) is 9.09. The Balaban J connectivity index is 1.91. The second-order valence-corrected chi connectivity index (χ2v) is 6.95. The SMILES string of the molecule is CC(C)NCCCCCCN1CCC(C(C)C)CC1. The van der Waals surface area contributed by atoms with Crippen molar-refractivity contribution in [3.63, 3.8) is 0 Å². The van der Waals surface area contributed by atoms with Crippen molar-refractivity contribution in [2.24, 2.45) is 11.8 Å². The topological polar surface area (TPSA) is 15.3 Å². The van der Waals surface area contributed by atoms with Crippen molar-refractivity contribution in [1.29, 1.82) is 0 Å². The van der Waals surface area contributed by atoms with Gasteiger partial charge in [-0.3, -0.25) is 0 Å². The summed E-state index contributed by atoms with van der Waals surface area (Å²) in [5.41, 5.74) is 0. The minimum atomic E-state index is 0.641. The van der Waals surface area contributed by atoms with Crippen LogP contribution in [0.15, 0.2) is 0 Å². The molecule has 0 radical (unpaired) electrons. The average Bonchev–Trinajstić information content (AvgIpc) is 2.38. The van der Waals surface area contributed by atoms with E-state index < -0.39 is 0 Å². The zero-order chi connectivity index (χ0) is 14.1. The standard InChI is InChI=1S/C17H36N2/c1-15(2)17-9-13-19(14-10-17)12-8-6-5-7-11-18-16(3)4/h15-18H,5-14H2,1-4H3. The lowest BCUT2D eigenvalue weighted by Gasteiger charge is -2.33. The van der Waals surface area contributed by atoms with Crippen molar-refractivity contribution in [2.45, 2.75) is 72.3 Å². The molecule has 19 heavy (non-hydrogen) atoms. The van der Waals surface area contributed by atoms with Crippen LogP contribution >= 0.6 is 0 Å². The van der Waals surface area contributed by atoms with Crippen molar-refractivity contribution in [3.8, 4) is 0 Å². The second-order valence-electron chi connectivity index (χ2n) is 6.95. The van der Waals surface area contributed by atoms with E-state index in [9.17, 15) is 0 Å². The Bertz CT molecular complexity index is 205. The smallest absolute Gasteiger partial charge is 0.00103 e. The molecule has 0 unspecified atom stereocenters. The fourth-order valence-electron chi connectivity index (χ4n) is 3.05. The lowest BCUT2D eigenvalue weighted by atomic mass is 9.87. The van der Waals surface area contributed by atoms with E-state index in [0.29, 0.717) is 6.04 Å². The highest BCUT2D eigenvalue weighted by molar-refractivity contribution is 4.74. The van der Waals surface area contributed by atoms with Gasteiger partial charge >= 0.3 is 0 Å². The van der Waals surface area contributed by atoms with Crippen LogP contribution in [0.4, 0.5) is 0 Å². The molecule has 1 aliphatic heterocycles. The molecule has 0 bridgehead atoms. The maximum Gasteiger partial charge on any atom is 0.00103 e. The van der Waals surface area contributed by atoms with Gasteiger partial charge in [-0.25, -0.2) is 0 Å². The fourth-order valence-corrected chi connectivity index (χ4v) is 3.05. The monoisotopic (exact) mass is 268 g/mol. The van der Waals surface area contributed by atoms with E-state index in [0.717, 1.165) is 11.8 Å². The summed E-state index contributed by atoms with van der Waals surface area (Å²) >= 11 is 0. The van der Waals surface area contributed by atoms with Crippen molar-refractivity contribution in [1.82, 2.24) is 10.2 Å². The molecule has 0 aliphatic carbocycles. The molecule has 0 saturated carbocycles. The summed E-state index contributed by atoms with van der Waals surface area (Å²) < 4.78 is 0. The first-order valence-corrected chi connectivity index (χ1v) is 8.55. The summed E-state index contributed by atoms with van der Waals surface area (Å²) in [6, 6.07) is 0.641. The van der Waals surface area contributed by atoms with Crippen LogP contribution < -0.4 is 5.32 Å². The predicted molar refractivity (Wildman–Crippen MR) is 85.6 cm³/mol. The molecule has 0 aromatic carbocycles. The molecule has 0 spiro atoms. The fraction of sp³-hybridized carbons (Fsp3) is 1.00. The minimum absolute atomic E-state index is 0.641. The zero-order valence-electron chi connectivity index (χ0n) is 13.8. The van der Waals surface area contributed by atoms with E-state index in [1.807, 2.05) is 0 Å². The summed E-state index contributed by atoms with van der Waals surface area (Å²) in [6.45, 7) is 14.4. The highest BCUT2D eigenvalue weighted by atomic mass is 15.1. The van der Waals surface area contributed by atoms with Crippen molar-refractivity contribution in [3.05, 3.63) is 0 Å². The Morgan fingerprint density at radius 3 is 2.16 bits per heavy atom. The third-order valence-electron chi connectivity index (χ3n) is 4.53. The molecule has 1 N–H and O–H groups in total. The van der Waals surface area contributed by atoms with Gasteiger partial charge < -0.3 is 10.2 Å². The van der Waals surface area contributed by atoms with E-state index >= 15 is 0 Å². The van der Waals surface area contributed by atoms with Gasteiger partial charge in [0, 0.05) is 6.04 Å². The maximum absolute atomic E-state index is 3.49. The lowest BCUT2D eigenvalue weighted by molar-refractivity contribution is 0.155. The average molecular weight is 268 g/mol. The first kappa shape index (κ1) is 17.0. The number of nitrogens with one attached hydrogen (secondary N) is 1. The van der Waals surface area contributed by atoms with Gasteiger partial charge in [-0.05, 0) is 63.7 Å². The number of rotatable bonds is 9. The van der Waals surface area contributed by atoms with Crippen LogP contribution in [0.1, 0.15) is 66.2 Å². The Kier molecular flexibility index (Phi) is 8.72. The van der Waals surface area contributed by atoms with Gasteiger partial charge in [0.15, 0.2) is 0 Å². The third kappa shape index (κ3) is 7.94. The van der Waals surface area contributed by atoms with Crippen LogP contribution in [-0.2, 0) is 0 Å². The van der Waals surface area contributed by atoms with E-state index in [1.54, 1.807) is 0 Å². The van der Waals surface area contributed by atoms with Crippen molar-refractivity contribution in [2.75, 3.05) is 26.2 Å². The first-order valence-electron chi connectivity index (χ1n) is 8.55. The molecule has 1 fully saturated rings. The summed E-state index contributed by atoms with van der Waals surface area (Å²) in [7, 11) is 0. The molecule has 114 valence electrons. The molecule has 0 amide bonds. The maximum atomic E-state index is 3.49. The minimum Gasteiger partial charge on any atom is -0.315 e. The molecule has 1 heterocycles. The Morgan fingerprint density at radius 2 is 1.58 bits per heavy atom. The van der Waals surface area contributed by atoms with E-state index in [2.05, 4.69) is 37.9 Å². The molecule has 1 saturated heterocycles. The highest BCUT2D eigenvalue weighted by Gasteiger charge is 2.20. The van der Waals surface area contributed by atoms with Crippen LogP contribution in [0.3, 0.4) is 0 Å². The summed E-state index contributed by atoms with van der Waals surface area (Å²) in [6.07, 6.45) is 8.39. The third-order valence-corrected chi connectivity index (χ3v) is 4.53. The van der Waals surface area contributed by atoms with Gasteiger partial charge in [-0.2, -0.15) is 0 Å². The number of likely N-dealkylation sites (tertiary alicyclic amines) is 1. The van der Waals surface area contributed by atoms with E-state index in [-0.39, 0.29) is 0 Å².